The van der Waals surface area contributed by atoms with Gasteiger partial charge in [0.1, 0.15) is 11.5 Å². The van der Waals surface area contributed by atoms with Gasteiger partial charge in [0.2, 0.25) is 0 Å². The van der Waals surface area contributed by atoms with E-state index in [0.717, 1.165) is 38.2 Å². The Morgan fingerprint density at radius 1 is 1.25 bits per heavy atom. The molecule has 0 aliphatic heterocycles. The molecule has 0 fully saturated rings. The number of nitrogens with zero attached hydrogens (tertiary/aromatic N) is 1. The van der Waals surface area contributed by atoms with Gasteiger partial charge in [0.05, 0.1) is 12.1 Å². The highest BCUT2D eigenvalue weighted by Gasteiger charge is 2.06. The van der Waals surface area contributed by atoms with E-state index >= 15 is 0 Å². The van der Waals surface area contributed by atoms with E-state index in [0.29, 0.717) is 6.42 Å². The van der Waals surface area contributed by atoms with E-state index < -0.39 is 0 Å². The maximum absolute atomic E-state index is 10.9. The Labute approximate surface area is 120 Å². The van der Waals surface area contributed by atoms with E-state index in [2.05, 4.69) is 29.8 Å². The van der Waals surface area contributed by atoms with Gasteiger partial charge in [-0.3, -0.25) is 0 Å². The summed E-state index contributed by atoms with van der Waals surface area (Å²) in [6.07, 6.45) is 5.80. The molecular weight excluding hydrogens is 250 g/mol. The molecule has 3 nitrogen and oxygen atoms in total. The third-order valence-corrected chi connectivity index (χ3v) is 3.41. The number of rotatable bonds is 8. The fourth-order valence-corrected chi connectivity index (χ4v) is 2.38. The van der Waals surface area contributed by atoms with E-state index in [1.54, 1.807) is 6.92 Å². The fourth-order valence-electron chi connectivity index (χ4n) is 2.38. The van der Waals surface area contributed by atoms with Crippen LogP contribution in [0.1, 0.15) is 39.5 Å². The van der Waals surface area contributed by atoms with Crippen LogP contribution in [0.15, 0.2) is 30.5 Å². The van der Waals surface area contributed by atoms with Gasteiger partial charge in [-0.2, -0.15) is 0 Å². The van der Waals surface area contributed by atoms with Gasteiger partial charge in [-0.1, -0.05) is 13.0 Å². The Bertz CT molecular complexity index is 571. The summed E-state index contributed by atoms with van der Waals surface area (Å²) in [5, 5.41) is 1.17. The lowest BCUT2D eigenvalue weighted by molar-refractivity contribution is -0.117. The third kappa shape index (κ3) is 3.62. The lowest BCUT2D eigenvalue weighted by Gasteiger charge is -2.08. The molecule has 20 heavy (non-hydrogen) atoms. The number of carbonyl (C=O) groups excluding carboxylic acids is 1. The number of Topliss-reactive ketones (excluding diaryl/α,β-unsaturated/α-hetero) is 1. The summed E-state index contributed by atoms with van der Waals surface area (Å²) in [4.78, 5) is 10.9. The maximum Gasteiger partial charge on any atom is 0.129 e. The van der Waals surface area contributed by atoms with Gasteiger partial charge in [0.15, 0.2) is 0 Å². The standard InChI is InChI=1S/C17H23NO2/c1-3-13-20-17-9-6-8-16-15(17)10-12-18(16)11-5-4-7-14(2)19/h6,8-10,12H,3-5,7,11,13H2,1-2H3. The summed E-state index contributed by atoms with van der Waals surface area (Å²) >= 11 is 0. The van der Waals surface area contributed by atoms with Crippen LogP contribution < -0.4 is 4.74 Å². The monoisotopic (exact) mass is 273 g/mol. The molecule has 0 saturated carbocycles. The van der Waals surface area contributed by atoms with Crippen molar-refractivity contribution in [2.24, 2.45) is 0 Å². The minimum absolute atomic E-state index is 0.276. The number of ether oxygens (including phenoxy) is 1. The number of aryl methyl sites for hydroxylation is 1. The molecule has 2 rings (SSSR count). The second-order valence-electron chi connectivity index (χ2n) is 5.21. The molecule has 0 amide bonds. The molecule has 1 heterocycles. The van der Waals surface area contributed by atoms with E-state index in [4.69, 9.17) is 4.74 Å². The molecule has 1 aromatic carbocycles. The molecule has 0 aliphatic carbocycles. The number of fused-ring (bicyclic) bond motifs is 1. The lowest BCUT2D eigenvalue weighted by Crippen LogP contribution is -1.98. The molecule has 0 saturated heterocycles. The molecule has 0 aliphatic rings. The predicted molar refractivity (Wildman–Crippen MR) is 82.3 cm³/mol. The highest BCUT2D eigenvalue weighted by molar-refractivity contribution is 5.86. The number of ketones is 1. The van der Waals surface area contributed by atoms with E-state index in [1.165, 1.54) is 10.9 Å². The zero-order valence-electron chi connectivity index (χ0n) is 12.4. The summed E-state index contributed by atoms with van der Waals surface area (Å²) in [5.74, 6) is 1.24. The van der Waals surface area contributed by atoms with Crippen molar-refractivity contribution in [2.75, 3.05) is 6.61 Å². The van der Waals surface area contributed by atoms with Crippen molar-refractivity contribution in [3.63, 3.8) is 0 Å². The Morgan fingerprint density at radius 2 is 2.10 bits per heavy atom. The Morgan fingerprint density at radius 3 is 2.85 bits per heavy atom. The van der Waals surface area contributed by atoms with Crippen molar-refractivity contribution in [3.8, 4) is 5.75 Å². The lowest BCUT2D eigenvalue weighted by atomic mass is 10.2. The summed E-state index contributed by atoms with van der Waals surface area (Å²) in [7, 11) is 0. The first kappa shape index (κ1) is 14.6. The number of hydrogen-bond acceptors (Lipinski definition) is 2. The topological polar surface area (TPSA) is 31.2 Å². The van der Waals surface area contributed by atoms with Crippen LogP contribution in [0, 0.1) is 0 Å². The van der Waals surface area contributed by atoms with Gasteiger partial charge in [-0.05, 0) is 44.4 Å². The highest BCUT2D eigenvalue weighted by Crippen LogP contribution is 2.27. The molecule has 0 atom stereocenters. The Kier molecular flexibility index (Phi) is 5.22. The van der Waals surface area contributed by atoms with Crippen LogP contribution in [-0.4, -0.2) is 17.0 Å². The van der Waals surface area contributed by atoms with Crippen LogP contribution in [-0.2, 0) is 11.3 Å². The van der Waals surface area contributed by atoms with Gasteiger partial charge in [0, 0.05) is 24.5 Å². The number of aromatic nitrogens is 1. The molecule has 0 radical (unpaired) electrons. The van der Waals surface area contributed by atoms with Crippen LogP contribution in [0.2, 0.25) is 0 Å². The number of unbranched alkanes of at least 4 members (excludes halogenated alkanes) is 1. The molecule has 0 bridgehead atoms. The SMILES string of the molecule is CCCOc1cccc2c1ccn2CCCCC(C)=O. The average Bonchev–Trinajstić information content (AvgIpc) is 2.85. The summed E-state index contributed by atoms with van der Waals surface area (Å²) < 4.78 is 8.03. The molecule has 0 N–H and O–H groups in total. The zero-order chi connectivity index (χ0) is 14.4. The van der Waals surface area contributed by atoms with Crippen LogP contribution in [0.4, 0.5) is 0 Å². The second kappa shape index (κ2) is 7.13. The van der Waals surface area contributed by atoms with Crippen LogP contribution in [0.3, 0.4) is 0 Å². The minimum Gasteiger partial charge on any atom is -0.493 e. The van der Waals surface area contributed by atoms with E-state index in [1.807, 2.05) is 12.1 Å². The van der Waals surface area contributed by atoms with Crippen molar-refractivity contribution in [1.82, 2.24) is 4.57 Å². The van der Waals surface area contributed by atoms with Gasteiger partial charge >= 0.3 is 0 Å². The molecule has 1 aromatic heterocycles. The molecular formula is C17H23NO2. The Hall–Kier alpha value is -1.77. The minimum atomic E-state index is 0.276. The van der Waals surface area contributed by atoms with Gasteiger partial charge < -0.3 is 14.1 Å². The number of benzene rings is 1. The fraction of sp³-hybridized carbons (Fsp3) is 0.471. The molecule has 0 unspecified atom stereocenters. The maximum atomic E-state index is 10.9. The quantitative estimate of drug-likeness (QED) is 0.675. The number of hydrogen-bond donors (Lipinski definition) is 0. The van der Waals surface area contributed by atoms with E-state index in [-0.39, 0.29) is 5.78 Å². The van der Waals surface area contributed by atoms with Gasteiger partial charge in [-0.25, -0.2) is 0 Å². The van der Waals surface area contributed by atoms with Gasteiger partial charge in [0.25, 0.3) is 0 Å². The summed E-state index contributed by atoms with van der Waals surface area (Å²) in [6, 6.07) is 8.31. The van der Waals surface area contributed by atoms with Crippen molar-refractivity contribution < 1.29 is 9.53 Å². The smallest absolute Gasteiger partial charge is 0.129 e. The highest BCUT2D eigenvalue weighted by atomic mass is 16.5. The van der Waals surface area contributed by atoms with Crippen LogP contribution >= 0.6 is 0 Å². The van der Waals surface area contributed by atoms with Crippen molar-refractivity contribution in [1.29, 1.82) is 0 Å². The average molecular weight is 273 g/mol. The first-order valence-corrected chi connectivity index (χ1v) is 7.42. The zero-order valence-corrected chi connectivity index (χ0v) is 12.4. The second-order valence-corrected chi connectivity index (χ2v) is 5.21. The molecule has 108 valence electrons. The normalized spacial score (nSPS) is 10.9. The first-order valence-electron chi connectivity index (χ1n) is 7.42. The Balaban J connectivity index is 2.05. The molecule has 0 spiro atoms. The van der Waals surface area contributed by atoms with Crippen LogP contribution in [0.25, 0.3) is 10.9 Å². The van der Waals surface area contributed by atoms with Crippen molar-refractivity contribution in [3.05, 3.63) is 30.5 Å². The molecule has 3 heteroatoms. The van der Waals surface area contributed by atoms with Gasteiger partial charge in [-0.15, -0.1) is 0 Å². The van der Waals surface area contributed by atoms with Crippen LogP contribution in [0.5, 0.6) is 5.75 Å². The summed E-state index contributed by atoms with van der Waals surface area (Å²) in [6.45, 7) is 5.47. The largest absolute Gasteiger partial charge is 0.493 e. The van der Waals surface area contributed by atoms with E-state index in [9.17, 15) is 4.79 Å². The number of carbonyl (C=O) groups is 1. The predicted octanol–water partition coefficient (Wildman–Crippen LogP) is 4.19. The molecule has 2 aromatic rings. The summed E-state index contributed by atoms with van der Waals surface area (Å²) in [5.41, 5.74) is 1.21. The van der Waals surface area contributed by atoms with Crippen molar-refractivity contribution >= 4 is 16.7 Å². The third-order valence-electron chi connectivity index (χ3n) is 3.41. The first-order chi connectivity index (χ1) is 9.72. The van der Waals surface area contributed by atoms with Crippen molar-refractivity contribution in [2.45, 2.75) is 46.1 Å².